The molecule has 2 aromatic rings. The number of rotatable bonds is 4. The first-order chi connectivity index (χ1) is 11.9. The van der Waals surface area contributed by atoms with Crippen molar-refractivity contribution in [1.82, 2.24) is 9.55 Å². The van der Waals surface area contributed by atoms with Gasteiger partial charge in [-0.2, -0.15) is 22.0 Å². The molecule has 0 fully saturated rings. The molecule has 1 heterocycles. The zero-order valence-electron chi connectivity index (χ0n) is 12.4. The monoisotopic (exact) mass is 399 g/mol. The first-order valence-electron chi connectivity index (χ1n) is 6.51. The lowest BCUT2D eigenvalue weighted by molar-refractivity contribution is -0.383. The van der Waals surface area contributed by atoms with Crippen LogP contribution in [0.1, 0.15) is 11.4 Å². The number of nitro groups is 1. The van der Waals surface area contributed by atoms with Gasteiger partial charge in [-0.1, -0.05) is 12.7 Å². The Balaban J connectivity index is 2.92. The zero-order valence-corrected chi connectivity index (χ0v) is 13.1. The molecule has 0 aliphatic carbocycles. The van der Waals surface area contributed by atoms with E-state index in [0.29, 0.717) is 0 Å². The Hall–Kier alpha value is -2.76. The van der Waals surface area contributed by atoms with Crippen molar-refractivity contribution in [1.29, 1.82) is 0 Å². The second-order valence-corrected chi connectivity index (χ2v) is 5.23. The fraction of sp³-hybridized carbons (Fsp3) is 0.231. The Morgan fingerprint density at radius 1 is 1.38 bits per heavy atom. The van der Waals surface area contributed by atoms with E-state index in [1.807, 2.05) is 0 Å². The van der Waals surface area contributed by atoms with Crippen molar-refractivity contribution in [2.24, 2.45) is 0 Å². The van der Waals surface area contributed by atoms with Crippen molar-refractivity contribution >= 4 is 34.4 Å². The molecular formula is C13H7ClF5N3O4. The van der Waals surface area contributed by atoms with Crippen LogP contribution in [0.15, 0.2) is 24.8 Å². The van der Waals surface area contributed by atoms with Gasteiger partial charge in [0.2, 0.25) is 5.82 Å². The van der Waals surface area contributed by atoms with Crippen LogP contribution in [0, 0.1) is 10.1 Å². The van der Waals surface area contributed by atoms with Crippen LogP contribution in [0.3, 0.4) is 0 Å². The molecule has 2 rings (SSSR count). The Morgan fingerprint density at radius 3 is 2.46 bits per heavy atom. The topological polar surface area (TPSA) is 87.3 Å². The third-order valence-corrected chi connectivity index (χ3v) is 3.19. The summed E-state index contributed by atoms with van der Waals surface area (Å²) in [4.78, 5) is 25.0. The third kappa shape index (κ3) is 3.59. The number of nitrogens with zero attached hydrogens (tertiary/aromatic N) is 3. The average molecular weight is 400 g/mol. The molecule has 0 bridgehead atoms. The molecule has 0 aliphatic rings. The number of imidazole rings is 1. The number of aromatic nitrogens is 2. The lowest BCUT2D eigenvalue weighted by Crippen LogP contribution is -2.21. The number of ether oxygens (including phenoxy) is 1. The fourth-order valence-electron chi connectivity index (χ4n) is 2.03. The van der Waals surface area contributed by atoms with Crippen LogP contribution in [0.5, 0.6) is 0 Å². The molecule has 0 atom stereocenters. The van der Waals surface area contributed by atoms with Gasteiger partial charge in [-0.05, 0) is 17.7 Å². The molecule has 0 unspecified atom stereocenters. The van der Waals surface area contributed by atoms with Gasteiger partial charge in [-0.25, -0.2) is 14.3 Å². The van der Waals surface area contributed by atoms with Gasteiger partial charge in [0.15, 0.2) is 5.52 Å². The largest absolute Gasteiger partial charge is 0.445 e. The quantitative estimate of drug-likeness (QED) is 0.250. The van der Waals surface area contributed by atoms with Crippen LogP contribution in [0.25, 0.3) is 11.0 Å². The molecular weight excluding hydrogens is 393 g/mol. The number of hydrogen-bond donors (Lipinski definition) is 0. The maximum atomic E-state index is 13.6. The summed E-state index contributed by atoms with van der Waals surface area (Å²) in [5.41, 5.74) is -4.56. The minimum absolute atomic E-state index is 0.0475. The number of benzene rings is 1. The van der Waals surface area contributed by atoms with Gasteiger partial charge in [0.1, 0.15) is 6.61 Å². The molecule has 0 N–H and O–H groups in total. The molecule has 140 valence electrons. The Bertz CT molecular complexity index is 904. The number of carbonyl (C=O) groups is 1. The summed E-state index contributed by atoms with van der Waals surface area (Å²) >= 11 is 4.84. The van der Waals surface area contributed by atoms with E-state index in [2.05, 4.69) is 16.3 Å². The molecule has 26 heavy (non-hydrogen) atoms. The second kappa shape index (κ2) is 6.52. The highest BCUT2D eigenvalue weighted by Crippen LogP contribution is 2.40. The predicted octanol–water partition coefficient (Wildman–Crippen LogP) is 4.42. The molecule has 0 aliphatic heterocycles. The maximum absolute atomic E-state index is 13.6. The van der Waals surface area contributed by atoms with E-state index in [9.17, 15) is 36.9 Å². The average Bonchev–Trinajstić information content (AvgIpc) is 2.90. The lowest BCUT2D eigenvalue weighted by atomic mass is 10.1. The Morgan fingerprint density at radius 2 is 2.00 bits per heavy atom. The van der Waals surface area contributed by atoms with E-state index >= 15 is 0 Å². The third-order valence-electron chi connectivity index (χ3n) is 3.02. The highest BCUT2D eigenvalue weighted by atomic mass is 35.5. The standard InChI is InChI=1S/C13H7ClF5N3O4/c1-2-3-26-11(23)21-7-4-6(13(17,18)19)5-8(22(24)25)9(7)20-10(21)12(14,15)16/h2,4-5H,1,3H2. The first-order valence-corrected chi connectivity index (χ1v) is 6.89. The summed E-state index contributed by atoms with van der Waals surface area (Å²) in [6, 6.07) is 0.377. The maximum Gasteiger partial charge on any atom is 0.420 e. The van der Waals surface area contributed by atoms with Gasteiger partial charge >= 0.3 is 17.7 Å². The lowest BCUT2D eigenvalue weighted by Gasteiger charge is -2.11. The van der Waals surface area contributed by atoms with Crippen LogP contribution in [-0.4, -0.2) is 27.2 Å². The van der Waals surface area contributed by atoms with Gasteiger partial charge in [0.25, 0.3) is 5.69 Å². The Kier molecular flexibility index (Phi) is 4.90. The molecule has 0 spiro atoms. The van der Waals surface area contributed by atoms with E-state index in [0.717, 1.165) is 6.08 Å². The Labute approximate surface area is 145 Å². The van der Waals surface area contributed by atoms with Crippen LogP contribution in [0.4, 0.5) is 32.4 Å². The zero-order chi connectivity index (χ0) is 19.9. The summed E-state index contributed by atoms with van der Waals surface area (Å²) in [7, 11) is 0. The van der Waals surface area contributed by atoms with Crippen LogP contribution >= 0.6 is 11.6 Å². The molecule has 0 radical (unpaired) electrons. The molecule has 1 aromatic heterocycles. The highest BCUT2D eigenvalue weighted by Gasteiger charge is 2.41. The number of halogens is 6. The van der Waals surface area contributed by atoms with Gasteiger partial charge in [-0.15, -0.1) is 0 Å². The van der Waals surface area contributed by atoms with Gasteiger partial charge in [0.05, 0.1) is 16.0 Å². The summed E-state index contributed by atoms with van der Waals surface area (Å²) in [5, 5.41) is 6.72. The normalized spacial score (nSPS) is 12.2. The predicted molar refractivity (Wildman–Crippen MR) is 78.1 cm³/mol. The van der Waals surface area contributed by atoms with Gasteiger partial charge < -0.3 is 4.74 Å². The van der Waals surface area contributed by atoms with Gasteiger partial charge in [0, 0.05) is 6.07 Å². The SMILES string of the molecule is C=CCOC(=O)n1c(C(F)(F)Cl)nc2c([N+](=O)[O-])cc(C(F)(F)F)cc21. The summed E-state index contributed by atoms with van der Waals surface area (Å²) < 4.78 is 70.5. The molecule has 1 aromatic carbocycles. The number of alkyl halides is 6. The van der Waals surface area contributed by atoms with E-state index in [1.165, 1.54) is 0 Å². The minimum Gasteiger partial charge on any atom is -0.445 e. The van der Waals surface area contributed by atoms with E-state index in [4.69, 9.17) is 11.6 Å². The van der Waals surface area contributed by atoms with Crippen LogP contribution < -0.4 is 0 Å². The number of fused-ring (bicyclic) bond motifs is 1. The molecule has 0 amide bonds. The van der Waals surface area contributed by atoms with Crippen LogP contribution in [0.2, 0.25) is 0 Å². The number of hydrogen-bond acceptors (Lipinski definition) is 5. The van der Waals surface area contributed by atoms with E-state index < -0.39 is 57.3 Å². The molecule has 7 nitrogen and oxygen atoms in total. The second-order valence-electron chi connectivity index (χ2n) is 4.75. The number of nitro benzene ring substituents is 1. The molecule has 0 saturated carbocycles. The van der Waals surface area contributed by atoms with Crippen molar-refractivity contribution in [3.05, 3.63) is 46.3 Å². The smallest absolute Gasteiger partial charge is 0.420 e. The fourth-order valence-corrected chi connectivity index (χ4v) is 2.16. The number of non-ortho nitro benzene ring substituents is 1. The molecule has 13 heteroatoms. The van der Waals surface area contributed by atoms with Crippen molar-refractivity contribution < 1.29 is 36.4 Å². The van der Waals surface area contributed by atoms with E-state index in [-0.39, 0.29) is 16.7 Å². The van der Waals surface area contributed by atoms with Crippen LogP contribution in [-0.2, 0) is 16.3 Å². The molecule has 0 saturated heterocycles. The van der Waals surface area contributed by atoms with Gasteiger partial charge in [-0.3, -0.25) is 10.1 Å². The first kappa shape index (κ1) is 19.6. The van der Waals surface area contributed by atoms with Crippen molar-refractivity contribution in [2.45, 2.75) is 11.6 Å². The summed E-state index contributed by atoms with van der Waals surface area (Å²) in [5.74, 6) is -1.52. The summed E-state index contributed by atoms with van der Waals surface area (Å²) in [6.07, 6.45) is -5.54. The highest BCUT2D eigenvalue weighted by molar-refractivity contribution is 6.21. The summed E-state index contributed by atoms with van der Waals surface area (Å²) in [6.45, 7) is 2.75. The van der Waals surface area contributed by atoms with E-state index in [1.54, 1.807) is 0 Å². The van der Waals surface area contributed by atoms with Crippen molar-refractivity contribution in [2.75, 3.05) is 6.61 Å². The minimum atomic E-state index is -5.05. The van der Waals surface area contributed by atoms with Crippen molar-refractivity contribution in [3.63, 3.8) is 0 Å². The number of carbonyl (C=O) groups excluding carboxylic acids is 1. The van der Waals surface area contributed by atoms with Crippen molar-refractivity contribution in [3.8, 4) is 0 Å².